The molecule has 3 N–H and O–H groups in total. The van der Waals surface area contributed by atoms with Gasteiger partial charge < -0.3 is 33.8 Å². The van der Waals surface area contributed by atoms with Crippen molar-refractivity contribution < 1.29 is 80.2 Å². The van der Waals surface area contributed by atoms with Crippen molar-refractivity contribution in [1.82, 2.24) is 0 Å². The van der Waals surface area contributed by atoms with Crippen molar-refractivity contribution in [2.75, 3.05) is 39.6 Å². The number of aliphatic hydroxyl groups excluding tert-OH is 1. The standard InChI is InChI=1S/C74H144O17P2/c1-8-11-12-13-14-15-16-17-18-19-20-21-22-27-30-33-43-50-57-73(78)90-69(61-84-71(76)55-48-41-32-29-26-24-23-25-28-31-38-45-52-65(4)5)63-88-92(80,81)86-59-68(75)60-87-93(82,83)89-64-70(91-74(79)58-51-44-37-35-40-47-54-67(7)10-3)62-85-72(77)56-49-42-36-34-39-46-53-66(6)9-2/h65-70,75H,8-64H2,1-7H3,(H,80,81)(H,82,83)/t66?,67?,68-,69-,70-/m1/s1. The van der Waals surface area contributed by atoms with E-state index in [-0.39, 0.29) is 25.7 Å². The Morgan fingerprint density at radius 3 is 0.817 bits per heavy atom. The number of esters is 4. The molecule has 0 aliphatic rings. The molecule has 0 saturated heterocycles. The van der Waals surface area contributed by atoms with Gasteiger partial charge in [-0.15, -0.1) is 0 Å². The molecule has 0 bridgehead atoms. The minimum Gasteiger partial charge on any atom is -0.462 e. The molecule has 93 heavy (non-hydrogen) atoms. The van der Waals surface area contributed by atoms with Crippen molar-refractivity contribution in [1.29, 1.82) is 0 Å². The van der Waals surface area contributed by atoms with Crippen LogP contribution in [0, 0.1) is 17.8 Å². The lowest BCUT2D eigenvalue weighted by molar-refractivity contribution is -0.161. The van der Waals surface area contributed by atoms with Crippen LogP contribution in [0.25, 0.3) is 0 Å². The number of phosphoric ester groups is 2. The van der Waals surface area contributed by atoms with Gasteiger partial charge >= 0.3 is 39.5 Å². The number of carbonyl (C=O) groups is 4. The number of phosphoric acid groups is 2. The fourth-order valence-corrected chi connectivity index (χ4v) is 12.8. The van der Waals surface area contributed by atoms with E-state index in [0.29, 0.717) is 25.7 Å². The first-order chi connectivity index (χ1) is 44.8. The maximum Gasteiger partial charge on any atom is 0.472 e. The Bertz CT molecular complexity index is 1820. The van der Waals surface area contributed by atoms with Crippen LogP contribution in [0.2, 0.25) is 0 Å². The number of hydrogen-bond acceptors (Lipinski definition) is 15. The second kappa shape index (κ2) is 64.7. The summed E-state index contributed by atoms with van der Waals surface area (Å²) < 4.78 is 68.4. The van der Waals surface area contributed by atoms with Gasteiger partial charge in [-0.25, -0.2) is 9.13 Å². The Morgan fingerprint density at radius 2 is 0.548 bits per heavy atom. The lowest BCUT2D eigenvalue weighted by Crippen LogP contribution is -2.30. The van der Waals surface area contributed by atoms with Gasteiger partial charge in [0.05, 0.1) is 26.4 Å². The predicted octanol–water partition coefficient (Wildman–Crippen LogP) is 21.4. The highest BCUT2D eigenvalue weighted by Gasteiger charge is 2.30. The molecule has 4 unspecified atom stereocenters. The molecule has 7 atom stereocenters. The highest BCUT2D eigenvalue weighted by molar-refractivity contribution is 7.47. The molecule has 0 aliphatic heterocycles. The number of carbonyl (C=O) groups excluding carboxylic acids is 4. The molecule has 552 valence electrons. The second-order valence-corrected chi connectivity index (χ2v) is 30.6. The van der Waals surface area contributed by atoms with Gasteiger partial charge in [0.1, 0.15) is 19.3 Å². The van der Waals surface area contributed by atoms with E-state index in [9.17, 15) is 43.2 Å². The van der Waals surface area contributed by atoms with Crippen molar-refractivity contribution >= 4 is 39.5 Å². The van der Waals surface area contributed by atoms with E-state index in [1.165, 1.54) is 180 Å². The molecule has 0 aromatic carbocycles. The molecule has 0 radical (unpaired) electrons. The number of ether oxygens (including phenoxy) is 4. The van der Waals surface area contributed by atoms with Crippen LogP contribution in [-0.2, 0) is 65.4 Å². The van der Waals surface area contributed by atoms with E-state index in [0.717, 1.165) is 114 Å². The summed E-state index contributed by atoms with van der Waals surface area (Å²) in [7, 11) is -9.91. The van der Waals surface area contributed by atoms with Crippen LogP contribution in [0.5, 0.6) is 0 Å². The Kier molecular flexibility index (Phi) is 63.4. The molecule has 0 amide bonds. The van der Waals surface area contributed by atoms with Crippen LogP contribution in [0.15, 0.2) is 0 Å². The first-order valence-electron chi connectivity index (χ1n) is 38.4. The fraction of sp³-hybridized carbons (Fsp3) is 0.946. The van der Waals surface area contributed by atoms with Crippen molar-refractivity contribution in [3.05, 3.63) is 0 Å². The molecule has 0 saturated carbocycles. The van der Waals surface area contributed by atoms with Gasteiger partial charge in [0.25, 0.3) is 0 Å². The predicted molar refractivity (Wildman–Crippen MR) is 377 cm³/mol. The Hall–Kier alpha value is -1.94. The summed E-state index contributed by atoms with van der Waals surface area (Å²) in [5.74, 6) is 0.108. The van der Waals surface area contributed by atoms with E-state index < -0.39 is 97.5 Å². The topological polar surface area (TPSA) is 237 Å². The van der Waals surface area contributed by atoms with E-state index >= 15 is 0 Å². The molecule has 0 aliphatic carbocycles. The maximum atomic E-state index is 13.1. The van der Waals surface area contributed by atoms with Gasteiger partial charge in [-0.2, -0.15) is 0 Å². The fourth-order valence-electron chi connectivity index (χ4n) is 11.2. The molecule has 0 aromatic heterocycles. The average molecular weight is 1370 g/mol. The van der Waals surface area contributed by atoms with Crippen molar-refractivity contribution in [2.45, 2.75) is 394 Å². The monoisotopic (exact) mass is 1370 g/mol. The maximum absolute atomic E-state index is 13.1. The highest BCUT2D eigenvalue weighted by Crippen LogP contribution is 2.45. The number of unbranched alkanes of at least 4 members (excludes halogenated alkanes) is 38. The second-order valence-electron chi connectivity index (χ2n) is 27.6. The van der Waals surface area contributed by atoms with Gasteiger partial charge in [-0.05, 0) is 43.4 Å². The highest BCUT2D eigenvalue weighted by atomic mass is 31.2. The van der Waals surface area contributed by atoms with Gasteiger partial charge in [0.15, 0.2) is 12.2 Å². The zero-order valence-corrected chi connectivity index (χ0v) is 62.5. The molecular formula is C74H144O17P2. The minimum atomic E-state index is -4.96. The molecule has 19 heteroatoms. The molecule has 0 rings (SSSR count). The summed E-state index contributed by atoms with van der Waals surface area (Å²) in [4.78, 5) is 72.7. The van der Waals surface area contributed by atoms with Crippen LogP contribution in [0.3, 0.4) is 0 Å². The third-order valence-electron chi connectivity index (χ3n) is 17.9. The Labute approximate surface area is 568 Å². The van der Waals surface area contributed by atoms with E-state index in [4.69, 9.17) is 37.0 Å². The normalized spacial score (nSPS) is 14.7. The summed E-state index contributed by atoms with van der Waals surface area (Å²) in [6.45, 7) is 11.8. The largest absolute Gasteiger partial charge is 0.472 e. The van der Waals surface area contributed by atoms with Gasteiger partial charge in [0, 0.05) is 25.7 Å². The molecule has 0 heterocycles. The van der Waals surface area contributed by atoms with Crippen molar-refractivity contribution in [2.24, 2.45) is 17.8 Å². The lowest BCUT2D eigenvalue weighted by atomic mass is 10.00. The Balaban J connectivity index is 5.24. The Morgan fingerprint density at radius 1 is 0.312 bits per heavy atom. The molecule has 0 spiro atoms. The van der Waals surface area contributed by atoms with Gasteiger partial charge in [-0.1, -0.05) is 325 Å². The molecule has 0 fully saturated rings. The SMILES string of the molecule is CCCCCCCCCCCCCCCCCCCCC(=O)O[C@H](COC(=O)CCCCCCCCCCCCCCC(C)C)COP(=O)(O)OC[C@@H](O)COP(=O)(O)OC[C@@H](COC(=O)CCCCCCCCC(C)CC)OC(=O)CCCCCCCCC(C)CC. The van der Waals surface area contributed by atoms with Gasteiger partial charge in [0.2, 0.25) is 0 Å². The summed E-state index contributed by atoms with van der Waals surface area (Å²) in [6.07, 6.45) is 50.1. The minimum absolute atomic E-state index is 0.102. The van der Waals surface area contributed by atoms with Gasteiger partial charge in [-0.3, -0.25) is 37.3 Å². The average Bonchev–Trinajstić information content (AvgIpc) is 1.79. The van der Waals surface area contributed by atoms with Crippen LogP contribution >= 0.6 is 15.6 Å². The third kappa shape index (κ3) is 65.8. The number of aliphatic hydroxyl groups is 1. The summed E-state index contributed by atoms with van der Waals surface area (Å²) in [6, 6.07) is 0. The van der Waals surface area contributed by atoms with Crippen LogP contribution in [0.4, 0.5) is 0 Å². The van der Waals surface area contributed by atoms with Crippen molar-refractivity contribution in [3.63, 3.8) is 0 Å². The number of hydrogen-bond donors (Lipinski definition) is 3. The first kappa shape index (κ1) is 91.1. The van der Waals surface area contributed by atoms with Crippen LogP contribution < -0.4 is 0 Å². The first-order valence-corrected chi connectivity index (χ1v) is 41.4. The molecular weight excluding hydrogens is 1220 g/mol. The van der Waals surface area contributed by atoms with E-state index in [2.05, 4.69) is 48.5 Å². The molecule has 0 aromatic rings. The quantitative estimate of drug-likeness (QED) is 0.0222. The zero-order chi connectivity index (χ0) is 68.7. The third-order valence-corrected chi connectivity index (χ3v) is 19.8. The lowest BCUT2D eigenvalue weighted by Gasteiger charge is -2.21. The van der Waals surface area contributed by atoms with Crippen LogP contribution in [0.1, 0.15) is 376 Å². The summed E-state index contributed by atoms with van der Waals surface area (Å²) >= 11 is 0. The van der Waals surface area contributed by atoms with Crippen molar-refractivity contribution in [3.8, 4) is 0 Å². The zero-order valence-electron chi connectivity index (χ0n) is 60.7. The summed E-state index contributed by atoms with van der Waals surface area (Å²) in [5, 5.41) is 10.6. The summed E-state index contributed by atoms with van der Waals surface area (Å²) in [5.41, 5.74) is 0. The van der Waals surface area contributed by atoms with E-state index in [1.54, 1.807) is 0 Å². The smallest absolute Gasteiger partial charge is 0.462 e. The molecule has 17 nitrogen and oxygen atoms in total. The number of rotatable bonds is 72. The van der Waals surface area contributed by atoms with E-state index in [1.807, 2.05) is 0 Å². The van der Waals surface area contributed by atoms with Crippen LogP contribution in [-0.4, -0.2) is 96.7 Å².